The average Bonchev–Trinajstić information content (AvgIpc) is 2.22. The van der Waals surface area contributed by atoms with Crippen LogP contribution >= 0.6 is 25.3 Å². The highest BCUT2D eigenvalue weighted by Crippen LogP contribution is 2.47. The van der Waals surface area contributed by atoms with Gasteiger partial charge in [0.15, 0.2) is 0 Å². The van der Waals surface area contributed by atoms with Gasteiger partial charge in [-0.05, 0) is 17.3 Å². The molecule has 98 valence electrons. The molecule has 1 unspecified atom stereocenters. The largest absolute Gasteiger partial charge is 0.178 e. The first-order valence-electron chi connectivity index (χ1n) is 6.58. The first kappa shape index (κ1) is 16.7. The van der Waals surface area contributed by atoms with Gasteiger partial charge in [-0.3, -0.25) is 0 Å². The Morgan fingerprint density at radius 1 is 1.00 bits per heavy atom. The second kappa shape index (κ2) is 7.20. The van der Waals surface area contributed by atoms with Crippen LogP contribution in [0.25, 0.3) is 0 Å². The van der Waals surface area contributed by atoms with Gasteiger partial charge in [0.25, 0.3) is 0 Å². The first-order chi connectivity index (χ1) is 7.29. The van der Waals surface area contributed by atoms with Crippen molar-refractivity contribution in [2.45, 2.75) is 72.0 Å². The van der Waals surface area contributed by atoms with E-state index in [9.17, 15) is 0 Å². The number of hydrogen-bond acceptors (Lipinski definition) is 2. The van der Waals surface area contributed by atoms with E-state index in [4.69, 9.17) is 12.6 Å². The van der Waals surface area contributed by atoms with Crippen LogP contribution in [-0.4, -0.2) is 11.0 Å². The first-order valence-corrected chi connectivity index (χ1v) is 7.73. The van der Waals surface area contributed by atoms with Crippen LogP contribution < -0.4 is 0 Å². The molecule has 0 fully saturated rings. The molecule has 0 N–H and O–H groups in total. The molecule has 0 heterocycles. The molecule has 0 aliphatic heterocycles. The average molecular weight is 263 g/mol. The van der Waals surface area contributed by atoms with Crippen LogP contribution in [-0.2, 0) is 0 Å². The quantitative estimate of drug-likeness (QED) is 0.434. The predicted molar refractivity (Wildman–Crippen MR) is 82.9 cm³/mol. The van der Waals surface area contributed by atoms with Crippen molar-refractivity contribution in [3.8, 4) is 0 Å². The molecule has 0 bridgehead atoms. The molecule has 0 saturated heterocycles. The topological polar surface area (TPSA) is 0 Å². The molecule has 0 aliphatic rings. The molecular weight excluding hydrogens is 232 g/mol. The van der Waals surface area contributed by atoms with E-state index >= 15 is 0 Å². The van der Waals surface area contributed by atoms with E-state index < -0.39 is 0 Å². The summed E-state index contributed by atoms with van der Waals surface area (Å²) in [5.41, 5.74) is 0.583. The van der Waals surface area contributed by atoms with Crippen molar-refractivity contribution >= 4 is 25.3 Å². The van der Waals surface area contributed by atoms with E-state index in [1.54, 1.807) is 0 Å². The second-order valence-corrected chi connectivity index (χ2v) is 7.10. The van der Waals surface area contributed by atoms with Crippen LogP contribution in [0.5, 0.6) is 0 Å². The molecule has 0 saturated carbocycles. The maximum atomic E-state index is 4.69. The Bertz CT molecular complexity index is 185. The summed E-state index contributed by atoms with van der Waals surface area (Å²) in [4.78, 5) is 0. The molecule has 0 aliphatic carbocycles. The smallest absolute Gasteiger partial charge is 0.0161 e. The van der Waals surface area contributed by atoms with Gasteiger partial charge in [-0.1, -0.05) is 60.3 Å². The monoisotopic (exact) mass is 262 g/mol. The van der Waals surface area contributed by atoms with E-state index in [1.807, 2.05) is 0 Å². The lowest BCUT2D eigenvalue weighted by molar-refractivity contribution is 0.0982. The molecule has 0 nitrogen and oxygen atoms in total. The zero-order valence-corrected chi connectivity index (χ0v) is 13.5. The van der Waals surface area contributed by atoms with Crippen LogP contribution in [0, 0.1) is 10.8 Å². The number of thiol groups is 2. The molecule has 0 radical (unpaired) electrons. The fourth-order valence-corrected chi connectivity index (χ4v) is 2.80. The molecule has 1 atom stereocenters. The van der Waals surface area contributed by atoms with Gasteiger partial charge in [0.05, 0.1) is 0 Å². The van der Waals surface area contributed by atoms with Gasteiger partial charge in [-0.15, -0.1) is 0 Å². The fourth-order valence-electron chi connectivity index (χ4n) is 2.00. The Morgan fingerprint density at radius 2 is 1.56 bits per heavy atom. The van der Waals surface area contributed by atoms with E-state index in [0.717, 1.165) is 5.75 Å². The lowest BCUT2D eigenvalue weighted by Gasteiger charge is -2.45. The van der Waals surface area contributed by atoms with Crippen LogP contribution in [0.3, 0.4) is 0 Å². The highest BCUT2D eigenvalue weighted by Gasteiger charge is 2.40. The maximum absolute atomic E-state index is 4.69. The third kappa shape index (κ3) is 4.52. The summed E-state index contributed by atoms with van der Waals surface area (Å²) in [7, 11) is 0. The Morgan fingerprint density at radius 3 is 2.00 bits per heavy atom. The molecular formula is C14H30S2. The molecule has 0 aromatic carbocycles. The van der Waals surface area contributed by atoms with Gasteiger partial charge in [-0.25, -0.2) is 0 Å². The van der Waals surface area contributed by atoms with Crippen molar-refractivity contribution in [3.05, 3.63) is 0 Å². The van der Waals surface area contributed by atoms with Crippen molar-refractivity contribution in [3.63, 3.8) is 0 Å². The fraction of sp³-hybridized carbons (Fsp3) is 1.00. The lowest BCUT2D eigenvalue weighted by Crippen LogP contribution is -2.41. The summed E-state index contributed by atoms with van der Waals surface area (Å²) in [5, 5.41) is 0.372. The minimum atomic E-state index is 0.240. The van der Waals surface area contributed by atoms with Crippen molar-refractivity contribution in [1.82, 2.24) is 0 Å². The Kier molecular flexibility index (Phi) is 7.52. The standard InChI is InChI=1S/C14H30S2/c1-6-7-8-9-10-13(2,3)14(4,5)12(16)11-15/h12,15-16H,6-11H2,1-5H3. The summed E-state index contributed by atoms with van der Waals surface area (Å²) >= 11 is 9.08. The van der Waals surface area contributed by atoms with Crippen LogP contribution in [0.4, 0.5) is 0 Å². The summed E-state index contributed by atoms with van der Waals surface area (Å²) in [6, 6.07) is 0. The van der Waals surface area contributed by atoms with Crippen molar-refractivity contribution in [2.75, 3.05) is 5.75 Å². The van der Waals surface area contributed by atoms with Crippen LogP contribution in [0.1, 0.15) is 66.7 Å². The summed E-state index contributed by atoms with van der Waals surface area (Å²) in [6.07, 6.45) is 6.69. The van der Waals surface area contributed by atoms with Crippen LogP contribution in [0.15, 0.2) is 0 Å². The number of unbranched alkanes of at least 4 members (excludes halogenated alkanes) is 3. The third-order valence-electron chi connectivity index (χ3n) is 4.41. The Balaban J connectivity index is 4.28. The summed E-state index contributed by atoms with van der Waals surface area (Å²) in [6.45, 7) is 11.7. The second-order valence-electron chi connectivity index (χ2n) is 6.11. The predicted octanol–water partition coefficient (Wildman–Crippen LogP) is 5.24. The Hall–Kier alpha value is 0.700. The van der Waals surface area contributed by atoms with E-state index in [-0.39, 0.29) is 5.41 Å². The summed E-state index contributed by atoms with van der Waals surface area (Å²) in [5.74, 6) is 0.856. The molecule has 0 spiro atoms. The van der Waals surface area contributed by atoms with E-state index in [0.29, 0.717) is 10.7 Å². The van der Waals surface area contributed by atoms with Crippen molar-refractivity contribution < 1.29 is 0 Å². The molecule has 2 heteroatoms. The van der Waals surface area contributed by atoms with Gasteiger partial charge in [0.1, 0.15) is 0 Å². The lowest BCUT2D eigenvalue weighted by atomic mass is 9.64. The van der Waals surface area contributed by atoms with Crippen molar-refractivity contribution in [1.29, 1.82) is 0 Å². The Labute approximate surface area is 114 Å². The van der Waals surface area contributed by atoms with Gasteiger partial charge in [-0.2, -0.15) is 25.3 Å². The molecule has 0 amide bonds. The normalized spacial score (nSPS) is 15.2. The number of rotatable bonds is 8. The van der Waals surface area contributed by atoms with E-state index in [2.05, 4.69) is 47.2 Å². The molecule has 0 aromatic rings. The van der Waals surface area contributed by atoms with Gasteiger partial charge < -0.3 is 0 Å². The van der Waals surface area contributed by atoms with E-state index in [1.165, 1.54) is 32.1 Å². The SMILES string of the molecule is CCCCCCC(C)(C)C(C)(C)C(S)CS. The maximum Gasteiger partial charge on any atom is 0.0161 e. The van der Waals surface area contributed by atoms with Gasteiger partial charge in [0, 0.05) is 11.0 Å². The summed E-state index contributed by atoms with van der Waals surface area (Å²) < 4.78 is 0. The molecule has 0 rings (SSSR count). The minimum Gasteiger partial charge on any atom is -0.178 e. The zero-order valence-electron chi connectivity index (χ0n) is 11.7. The van der Waals surface area contributed by atoms with Gasteiger partial charge in [0.2, 0.25) is 0 Å². The highest BCUT2D eigenvalue weighted by molar-refractivity contribution is 7.84. The van der Waals surface area contributed by atoms with Crippen molar-refractivity contribution in [2.24, 2.45) is 10.8 Å². The third-order valence-corrected chi connectivity index (χ3v) is 5.89. The number of hydrogen-bond donors (Lipinski definition) is 2. The van der Waals surface area contributed by atoms with Gasteiger partial charge >= 0.3 is 0 Å². The highest BCUT2D eigenvalue weighted by atomic mass is 32.1. The molecule has 16 heavy (non-hydrogen) atoms. The zero-order chi connectivity index (χ0) is 12.8. The molecule has 0 aromatic heterocycles. The van der Waals surface area contributed by atoms with Crippen LogP contribution in [0.2, 0.25) is 0 Å². The minimum absolute atomic E-state index is 0.240.